The fourth-order valence-corrected chi connectivity index (χ4v) is 0.684. The number of rotatable bonds is 5. The van der Waals surface area contributed by atoms with Crippen molar-refractivity contribution in [2.45, 2.75) is 13.3 Å². The van der Waals surface area contributed by atoms with Gasteiger partial charge in [-0.3, -0.25) is 4.79 Å². The maximum Gasteiger partial charge on any atom is 0.220 e. The second kappa shape index (κ2) is 6.12. The van der Waals surface area contributed by atoms with Crippen molar-refractivity contribution in [3.05, 3.63) is 0 Å². The molecular formula is C7H17N3O. The third-order valence-electron chi connectivity index (χ3n) is 1.40. The molecule has 0 bridgehead atoms. The molecule has 11 heavy (non-hydrogen) atoms. The quantitative estimate of drug-likeness (QED) is 0.483. The Morgan fingerprint density at radius 2 is 2.18 bits per heavy atom. The van der Waals surface area contributed by atoms with Gasteiger partial charge in [-0.15, -0.1) is 0 Å². The number of hydrogen-bond donors (Lipinski definition) is 3. The van der Waals surface area contributed by atoms with Crippen LogP contribution in [0.3, 0.4) is 0 Å². The first-order chi connectivity index (χ1) is 5.20. The molecule has 66 valence electrons. The zero-order chi connectivity index (χ0) is 8.69. The van der Waals surface area contributed by atoms with Gasteiger partial charge in [-0.2, -0.15) is 0 Å². The van der Waals surface area contributed by atoms with E-state index in [0.29, 0.717) is 26.1 Å². The number of carbonyl (C=O) groups excluding carboxylic acids is 1. The maximum atomic E-state index is 10.9. The Bertz CT molecular complexity index is 116. The Balaban J connectivity index is 3.36. The van der Waals surface area contributed by atoms with E-state index in [1.54, 1.807) is 0 Å². The zero-order valence-corrected chi connectivity index (χ0v) is 6.97. The van der Waals surface area contributed by atoms with Crippen LogP contribution in [-0.2, 0) is 4.79 Å². The Morgan fingerprint density at radius 3 is 2.64 bits per heavy atom. The van der Waals surface area contributed by atoms with Crippen LogP contribution < -0.4 is 16.8 Å². The van der Waals surface area contributed by atoms with E-state index in [1.807, 2.05) is 6.92 Å². The molecule has 0 aromatic rings. The molecule has 0 rings (SSSR count). The molecule has 1 amide bonds. The Morgan fingerprint density at radius 1 is 1.55 bits per heavy atom. The summed E-state index contributed by atoms with van der Waals surface area (Å²) in [6, 6.07) is 0. The highest BCUT2D eigenvalue weighted by Crippen LogP contribution is 1.97. The van der Waals surface area contributed by atoms with Crippen LogP contribution >= 0.6 is 0 Å². The van der Waals surface area contributed by atoms with Crippen LogP contribution in [0.1, 0.15) is 13.3 Å². The molecule has 1 unspecified atom stereocenters. The van der Waals surface area contributed by atoms with Gasteiger partial charge in [0.05, 0.1) is 0 Å². The highest BCUT2D eigenvalue weighted by atomic mass is 16.1. The minimum atomic E-state index is 0.0356. The lowest BCUT2D eigenvalue weighted by atomic mass is 10.1. The molecular weight excluding hydrogens is 142 g/mol. The summed E-state index contributed by atoms with van der Waals surface area (Å²) in [7, 11) is 0. The molecule has 4 nitrogen and oxygen atoms in total. The van der Waals surface area contributed by atoms with Crippen molar-refractivity contribution in [3.63, 3.8) is 0 Å². The summed E-state index contributed by atoms with van der Waals surface area (Å²) in [6.45, 7) is 3.54. The lowest BCUT2D eigenvalue weighted by molar-refractivity contribution is -0.121. The van der Waals surface area contributed by atoms with Crippen molar-refractivity contribution < 1.29 is 4.79 Å². The van der Waals surface area contributed by atoms with Gasteiger partial charge in [-0.1, -0.05) is 6.92 Å². The molecule has 0 heterocycles. The Labute approximate surface area is 67.3 Å². The summed E-state index contributed by atoms with van der Waals surface area (Å²) < 4.78 is 0. The fourth-order valence-electron chi connectivity index (χ4n) is 0.684. The van der Waals surface area contributed by atoms with Crippen LogP contribution in [0.2, 0.25) is 0 Å². The molecule has 1 atom stereocenters. The van der Waals surface area contributed by atoms with E-state index in [9.17, 15) is 4.79 Å². The van der Waals surface area contributed by atoms with E-state index in [0.717, 1.165) is 0 Å². The minimum absolute atomic E-state index is 0.0356. The Hall–Kier alpha value is -0.610. The summed E-state index contributed by atoms with van der Waals surface area (Å²) >= 11 is 0. The van der Waals surface area contributed by atoms with Gasteiger partial charge in [0.2, 0.25) is 5.91 Å². The van der Waals surface area contributed by atoms with Crippen molar-refractivity contribution in [2.75, 3.05) is 19.6 Å². The van der Waals surface area contributed by atoms with E-state index in [2.05, 4.69) is 5.32 Å². The lowest BCUT2D eigenvalue weighted by Crippen LogP contribution is -2.31. The topological polar surface area (TPSA) is 81.1 Å². The summed E-state index contributed by atoms with van der Waals surface area (Å²) in [5.74, 6) is 0.293. The molecule has 4 heteroatoms. The SMILES string of the molecule is CC(CN)CC(=O)NCCN. The van der Waals surface area contributed by atoms with Crippen LogP contribution in [0.5, 0.6) is 0 Å². The molecule has 0 saturated carbocycles. The molecule has 0 aliphatic rings. The third kappa shape index (κ3) is 5.82. The van der Waals surface area contributed by atoms with Crippen molar-refractivity contribution in [3.8, 4) is 0 Å². The number of hydrogen-bond acceptors (Lipinski definition) is 3. The van der Waals surface area contributed by atoms with E-state index in [1.165, 1.54) is 0 Å². The van der Waals surface area contributed by atoms with Gasteiger partial charge in [0.15, 0.2) is 0 Å². The predicted octanol–water partition coefficient (Wildman–Crippen LogP) is -0.954. The van der Waals surface area contributed by atoms with Crippen LogP contribution in [0.4, 0.5) is 0 Å². The average Bonchev–Trinajstić information content (AvgIpc) is 2.00. The van der Waals surface area contributed by atoms with E-state index < -0.39 is 0 Å². The molecule has 0 aromatic carbocycles. The standard InChI is InChI=1S/C7H17N3O/c1-6(5-9)4-7(11)10-3-2-8/h6H,2-5,8-9H2,1H3,(H,10,11). The fraction of sp³-hybridized carbons (Fsp3) is 0.857. The van der Waals surface area contributed by atoms with Gasteiger partial charge in [0.1, 0.15) is 0 Å². The summed E-state index contributed by atoms with van der Waals surface area (Å²) in [5.41, 5.74) is 10.5. The molecule has 0 aliphatic carbocycles. The van der Waals surface area contributed by atoms with Gasteiger partial charge >= 0.3 is 0 Å². The Kier molecular flexibility index (Phi) is 5.78. The number of nitrogens with two attached hydrogens (primary N) is 2. The lowest BCUT2D eigenvalue weighted by Gasteiger charge is -2.07. The van der Waals surface area contributed by atoms with E-state index in [-0.39, 0.29) is 11.8 Å². The predicted molar refractivity (Wildman–Crippen MR) is 44.9 cm³/mol. The third-order valence-corrected chi connectivity index (χ3v) is 1.40. The van der Waals surface area contributed by atoms with Crippen molar-refractivity contribution in [1.82, 2.24) is 5.32 Å². The average molecular weight is 159 g/mol. The molecule has 0 aromatic heterocycles. The van der Waals surface area contributed by atoms with Crippen LogP contribution in [0.15, 0.2) is 0 Å². The van der Waals surface area contributed by atoms with Crippen molar-refractivity contribution >= 4 is 5.91 Å². The van der Waals surface area contributed by atoms with Crippen molar-refractivity contribution in [2.24, 2.45) is 17.4 Å². The first-order valence-corrected chi connectivity index (χ1v) is 3.87. The number of carbonyl (C=O) groups is 1. The monoisotopic (exact) mass is 159 g/mol. The first kappa shape index (κ1) is 10.4. The van der Waals surface area contributed by atoms with Gasteiger partial charge < -0.3 is 16.8 Å². The molecule has 0 fully saturated rings. The van der Waals surface area contributed by atoms with E-state index in [4.69, 9.17) is 11.5 Å². The highest BCUT2D eigenvalue weighted by Gasteiger charge is 2.05. The van der Waals surface area contributed by atoms with E-state index >= 15 is 0 Å². The van der Waals surface area contributed by atoms with Crippen LogP contribution in [-0.4, -0.2) is 25.5 Å². The minimum Gasteiger partial charge on any atom is -0.355 e. The molecule has 0 aliphatic heterocycles. The van der Waals surface area contributed by atoms with Gasteiger partial charge in [0, 0.05) is 19.5 Å². The normalized spacial score (nSPS) is 12.6. The van der Waals surface area contributed by atoms with Gasteiger partial charge in [0.25, 0.3) is 0 Å². The maximum absolute atomic E-state index is 10.9. The molecule has 0 radical (unpaired) electrons. The van der Waals surface area contributed by atoms with Crippen molar-refractivity contribution in [1.29, 1.82) is 0 Å². The van der Waals surface area contributed by atoms with Gasteiger partial charge in [-0.05, 0) is 12.5 Å². The highest BCUT2D eigenvalue weighted by molar-refractivity contribution is 5.76. The summed E-state index contributed by atoms with van der Waals surface area (Å²) in [4.78, 5) is 10.9. The van der Waals surface area contributed by atoms with Gasteiger partial charge in [-0.25, -0.2) is 0 Å². The summed E-state index contributed by atoms with van der Waals surface area (Å²) in [6.07, 6.45) is 0.497. The largest absolute Gasteiger partial charge is 0.355 e. The molecule has 0 spiro atoms. The smallest absolute Gasteiger partial charge is 0.220 e. The number of amides is 1. The number of nitrogens with one attached hydrogen (secondary N) is 1. The molecule has 5 N–H and O–H groups in total. The second-order valence-corrected chi connectivity index (χ2v) is 2.68. The zero-order valence-electron chi connectivity index (χ0n) is 6.97. The van der Waals surface area contributed by atoms with Crippen LogP contribution in [0, 0.1) is 5.92 Å². The molecule has 0 saturated heterocycles. The second-order valence-electron chi connectivity index (χ2n) is 2.68. The van der Waals surface area contributed by atoms with Crippen LogP contribution in [0.25, 0.3) is 0 Å². The summed E-state index contributed by atoms with van der Waals surface area (Å²) in [5, 5.41) is 2.68. The first-order valence-electron chi connectivity index (χ1n) is 3.87.